The molecule has 10 heteroatoms. The van der Waals surface area contributed by atoms with Crippen LogP contribution in [-0.4, -0.2) is 62.0 Å². The minimum absolute atomic E-state index is 0.0224. The maximum absolute atomic E-state index is 13.6. The topological polar surface area (TPSA) is 107 Å². The van der Waals surface area contributed by atoms with E-state index in [1.807, 2.05) is 30.0 Å². The fourth-order valence-electron chi connectivity index (χ4n) is 4.46. The number of hydrogen-bond acceptors (Lipinski definition) is 7. The van der Waals surface area contributed by atoms with Gasteiger partial charge in [-0.25, -0.2) is 9.98 Å². The Kier molecular flexibility index (Phi) is 5.70. The van der Waals surface area contributed by atoms with Crippen LogP contribution in [0.2, 0.25) is 5.02 Å². The number of phenols is 1. The van der Waals surface area contributed by atoms with E-state index in [2.05, 4.69) is 22.3 Å². The molecule has 0 unspecified atom stereocenters. The third-order valence-corrected chi connectivity index (χ3v) is 6.32. The standard InChI is InChI=1S/C24H23ClN6O3/c1-2-29-23(33)21-22(31-14-17(27-24(29)31)10-15-6-4-3-5-7-15)28-20(12-26-34)30(21)13-16-8-9-19(32)18(25)11-16/h3-9,11-12,17,32,34H,2,10,13-14H2,1H3/b26-12+/t17-/m1/s1. The molecule has 1 aromatic heterocycles. The molecule has 2 aromatic carbocycles. The molecule has 174 valence electrons. The first-order valence-corrected chi connectivity index (χ1v) is 11.3. The number of nitrogens with zero attached hydrogens (tertiary/aromatic N) is 6. The predicted molar refractivity (Wildman–Crippen MR) is 129 cm³/mol. The number of amides is 1. The highest BCUT2D eigenvalue weighted by Gasteiger charge is 2.43. The summed E-state index contributed by atoms with van der Waals surface area (Å²) in [6.07, 6.45) is 1.96. The zero-order valence-corrected chi connectivity index (χ0v) is 19.2. The lowest BCUT2D eigenvalue weighted by Crippen LogP contribution is -2.50. The van der Waals surface area contributed by atoms with Gasteiger partial charge in [0.2, 0.25) is 5.96 Å². The average Bonchev–Trinajstić information content (AvgIpc) is 3.39. The molecule has 0 saturated heterocycles. The Labute approximate surface area is 201 Å². The number of aromatic nitrogens is 2. The number of imidazole rings is 1. The van der Waals surface area contributed by atoms with Crippen LogP contribution in [0.15, 0.2) is 58.7 Å². The Bertz CT molecular complexity index is 1300. The summed E-state index contributed by atoms with van der Waals surface area (Å²) in [5.41, 5.74) is 2.32. The van der Waals surface area contributed by atoms with Gasteiger partial charge in [0.25, 0.3) is 5.91 Å². The zero-order chi connectivity index (χ0) is 23.8. The summed E-state index contributed by atoms with van der Waals surface area (Å²) >= 11 is 6.09. The minimum atomic E-state index is -0.220. The number of oxime groups is 1. The Morgan fingerprint density at radius 1 is 1.21 bits per heavy atom. The second-order valence-electron chi connectivity index (χ2n) is 8.19. The van der Waals surface area contributed by atoms with E-state index >= 15 is 0 Å². The van der Waals surface area contributed by atoms with Crippen LogP contribution in [0.25, 0.3) is 0 Å². The number of halogens is 1. The third-order valence-electron chi connectivity index (χ3n) is 6.01. The molecule has 0 bridgehead atoms. The predicted octanol–water partition coefficient (Wildman–Crippen LogP) is 3.36. The molecule has 0 fully saturated rings. The smallest absolute Gasteiger partial charge is 0.281 e. The first-order chi connectivity index (χ1) is 16.5. The molecule has 3 aromatic rings. The van der Waals surface area contributed by atoms with Gasteiger partial charge in [-0.1, -0.05) is 53.2 Å². The molecule has 1 amide bonds. The minimum Gasteiger partial charge on any atom is -0.506 e. The van der Waals surface area contributed by atoms with E-state index in [9.17, 15) is 15.1 Å². The Morgan fingerprint density at radius 2 is 2.00 bits per heavy atom. The van der Waals surface area contributed by atoms with Crippen molar-refractivity contribution >= 4 is 35.5 Å². The lowest BCUT2D eigenvalue weighted by atomic mass is 10.1. The van der Waals surface area contributed by atoms with Crippen LogP contribution in [0.3, 0.4) is 0 Å². The summed E-state index contributed by atoms with van der Waals surface area (Å²) in [4.78, 5) is 26.7. The van der Waals surface area contributed by atoms with Crippen molar-refractivity contribution in [2.75, 3.05) is 18.0 Å². The van der Waals surface area contributed by atoms with Gasteiger partial charge in [0.1, 0.15) is 12.0 Å². The number of benzene rings is 2. The Balaban J connectivity index is 1.55. The van der Waals surface area contributed by atoms with Crippen LogP contribution in [0.4, 0.5) is 5.82 Å². The van der Waals surface area contributed by atoms with Gasteiger partial charge in [-0.15, -0.1) is 0 Å². The number of fused-ring (bicyclic) bond motifs is 3. The van der Waals surface area contributed by atoms with E-state index in [1.54, 1.807) is 21.6 Å². The Hall–Kier alpha value is -3.85. The molecule has 0 aliphatic carbocycles. The number of aliphatic imine (C=N–C) groups is 1. The second-order valence-corrected chi connectivity index (χ2v) is 8.60. The van der Waals surface area contributed by atoms with Gasteiger partial charge in [0.15, 0.2) is 17.3 Å². The second kappa shape index (κ2) is 8.83. The van der Waals surface area contributed by atoms with Gasteiger partial charge in [-0.2, -0.15) is 0 Å². The van der Waals surface area contributed by atoms with Crippen molar-refractivity contribution in [1.29, 1.82) is 0 Å². The van der Waals surface area contributed by atoms with Crippen molar-refractivity contribution in [3.05, 3.63) is 76.2 Å². The highest BCUT2D eigenvalue weighted by atomic mass is 35.5. The molecule has 0 spiro atoms. The lowest BCUT2D eigenvalue weighted by molar-refractivity contribution is 0.0836. The molecule has 3 heterocycles. The highest BCUT2D eigenvalue weighted by Crippen LogP contribution is 2.34. The molecule has 0 radical (unpaired) electrons. The summed E-state index contributed by atoms with van der Waals surface area (Å²) in [6, 6.07) is 14.9. The summed E-state index contributed by atoms with van der Waals surface area (Å²) in [5, 5.41) is 22.4. The van der Waals surface area contributed by atoms with Crippen LogP contribution in [-0.2, 0) is 13.0 Å². The van der Waals surface area contributed by atoms with Crippen molar-refractivity contribution in [3.63, 3.8) is 0 Å². The molecule has 9 nitrogen and oxygen atoms in total. The summed E-state index contributed by atoms with van der Waals surface area (Å²) < 4.78 is 1.70. The van der Waals surface area contributed by atoms with Crippen LogP contribution in [0.1, 0.15) is 34.4 Å². The summed E-state index contributed by atoms with van der Waals surface area (Å²) in [6.45, 7) is 3.19. The third kappa shape index (κ3) is 3.77. The average molecular weight is 479 g/mol. The number of anilines is 1. The van der Waals surface area contributed by atoms with Crippen LogP contribution in [0, 0.1) is 0 Å². The van der Waals surface area contributed by atoms with Gasteiger partial charge in [-0.3, -0.25) is 14.6 Å². The molecule has 5 rings (SSSR count). The van der Waals surface area contributed by atoms with E-state index in [-0.39, 0.29) is 29.3 Å². The zero-order valence-electron chi connectivity index (χ0n) is 18.5. The van der Waals surface area contributed by atoms with Crippen LogP contribution in [0.5, 0.6) is 5.75 Å². The Morgan fingerprint density at radius 3 is 2.71 bits per heavy atom. The van der Waals surface area contributed by atoms with E-state index in [4.69, 9.17) is 16.6 Å². The molecule has 2 aliphatic rings. The fraction of sp³-hybridized carbons (Fsp3) is 0.250. The van der Waals surface area contributed by atoms with Gasteiger partial charge in [-0.05, 0) is 36.6 Å². The fourth-order valence-corrected chi connectivity index (χ4v) is 4.66. The molecule has 0 saturated carbocycles. The van der Waals surface area contributed by atoms with Crippen LogP contribution < -0.4 is 4.90 Å². The monoisotopic (exact) mass is 478 g/mol. The maximum Gasteiger partial charge on any atom is 0.281 e. The number of aromatic hydroxyl groups is 1. The van der Waals surface area contributed by atoms with Crippen molar-refractivity contribution < 1.29 is 15.1 Å². The van der Waals surface area contributed by atoms with Crippen molar-refractivity contribution in [1.82, 2.24) is 14.5 Å². The van der Waals surface area contributed by atoms with Crippen molar-refractivity contribution in [2.45, 2.75) is 25.9 Å². The van der Waals surface area contributed by atoms with Gasteiger partial charge < -0.3 is 14.9 Å². The van der Waals surface area contributed by atoms with E-state index in [0.717, 1.165) is 12.0 Å². The number of hydrogen-bond donors (Lipinski definition) is 2. The largest absolute Gasteiger partial charge is 0.506 e. The van der Waals surface area contributed by atoms with E-state index in [0.29, 0.717) is 36.4 Å². The van der Waals surface area contributed by atoms with Crippen molar-refractivity contribution in [2.24, 2.45) is 10.1 Å². The quantitative estimate of drug-likeness (QED) is 0.321. The van der Waals surface area contributed by atoms with Gasteiger partial charge in [0, 0.05) is 6.54 Å². The first-order valence-electron chi connectivity index (χ1n) is 11.0. The SMILES string of the molecule is CCN1C(=O)c2c(nc(/C=N/O)n2Cc2ccc(O)c(Cl)c2)N2C[C@@H](Cc3ccccc3)N=C12. The maximum atomic E-state index is 13.6. The molecular weight excluding hydrogens is 456 g/mol. The van der Waals surface area contributed by atoms with Crippen LogP contribution >= 0.6 is 11.6 Å². The normalized spacial score (nSPS) is 17.3. The first kappa shape index (κ1) is 22.0. The molecule has 34 heavy (non-hydrogen) atoms. The van der Waals surface area contributed by atoms with Crippen molar-refractivity contribution in [3.8, 4) is 5.75 Å². The highest BCUT2D eigenvalue weighted by molar-refractivity contribution is 6.32. The van der Waals surface area contributed by atoms with Gasteiger partial charge in [0.05, 0.1) is 24.2 Å². The number of guanidine groups is 1. The number of carbonyl (C=O) groups is 1. The van der Waals surface area contributed by atoms with E-state index in [1.165, 1.54) is 17.8 Å². The summed E-state index contributed by atoms with van der Waals surface area (Å²) in [5.74, 6) is 1.16. The number of carbonyl (C=O) groups excluding carboxylic acids is 1. The van der Waals surface area contributed by atoms with Gasteiger partial charge >= 0.3 is 0 Å². The number of rotatable bonds is 6. The summed E-state index contributed by atoms with van der Waals surface area (Å²) in [7, 11) is 0. The number of phenolic OH excluding ortho intramolecular Hbond substituents is 1. The lowest BCUT2D eigenvalue weighted by Gasteiger charge is -2.33. The molecule has 2 aliphatic heterocycles. The molecule has 1 atom stereocenters. The molecule has 2 N–H and O–H groups in total. The molecular formula is C24H23ClN6O3. The van der Waals surface area contributed by atoms with E-state index < -0.39 is 0 Å².